The first-order chi connectivity index (χ1) is 9.13. The number of hydrogen-bond acceptors (Lipinski definition) is 2. The molecular formula is C17H22O2. The number of rotatable bonds is 2. The summed E-state index contributed by atoms with van der Waals surface area (Å²) in [6.07, 6.45) is 5.24. The zero-order chi connectivity index (χ0) is 13.5. The topological polar surface area (TPSA) is 33.4 Å². The van der Waals surface area contributed by atoms with Crippen molar-refractivity contribution in [3.05, 3.63) is 35.6 Å². The first kappa shape index (κ1) is 12.7. The highest BCUT2D eigenvalue weighted by Crippen LogP contribution is 2.44. The van der Waals surface area contributed by atoms with E-state index in [-0.39, 0.29) is 0 Å². The van der Waals surface area contributed by atoms with Crippen LogP contribution in [0, 0.1) is 12.8 Å². The summed E-state index contributed by atoms with van der Waals surface area (Å²) in [4.78, 5) is 0. The van der Waals surface area contributed by atoms with Crippen molar-refractivity contribution in [3.63, 3.8) is 0 Å². The Labute approximate surface area is 114 Å². The van der Waals surface area contributed by atoms with Gasteiger partial charge in [-0.15, -0.1) is 0 Å². The lowest BCUT2D eigenvalue weighted by Gasteiger charge is -2.38. The monoisotopic (exact) mass is 258 g/mol. The van der Waals surface area contributed by atoms with Crippen LogP contribution in [-0.2, 0) is 5.60 Å². The van der Waals surface area contributed by atoms with Crippen molar-refractivity contribution < 1.29 is 9.52 Å². The summed E-state index contributed by atoms with van der Waals surface area (Å²) < 4.78 is 5.95. The van der Waals surface area contributed by atoms with Gasteiger partial charge >= 0.3 is 0 Å². The Kier molecular flexibility index (Phi) is 3.14. The van der Waals surface area contributed by atoms with E-state index < -0.39 is 5.60 Å². The van der Waals surface area contributed by atoms with Gasteiger partial charge in [0.2, 0.25) is 0 Å². The minimum atomic E-state index is -0.764. The first-order valence-electron chi connectivity index (χ1n) is 7.36. The summed E-state index contributed by atoms with van der Waals surface area (Å²) >= 11 is 0. The lowest BCUT2D eigenvalue weighted by Crippen LogP contribution is -2.37. The molecule has 1 heterocycles. The normalized spacial score (nSPS) is 27.8. The highest BCUT2D eigenvalue weighted by Gasteiger charge is 2.42. The maximum Gasteiger partial charge on any atom is 0.137 e. The summed E-state index contributed by atoms with van der Waals surface area (Å²) in [7, 11) is 0. The van der Waals surface area contributed by atoms with Crippen molar-refractivity contribution in [2.75, 3.05) is 0 Å². The molecule has 0 amide bonds. The van der Waals surface area contributed by atoms with Crippen LogP contribution in [0.15, 0.2) is 28.7 Å². The van der Waals surface area contributed by atoms with Gasteiger partial charge in [0.05, 0.1) is 0 Å². The van der Waals surface area contributed by atoms with Gasteiger partial charge in [-0.25, -0.2) is 0 Å². The van der Waals surface area contributed by atoms with Gasteiger partial charge in [-0.3, -0.25) is 0 Å². The largest absolute Gasteiger partial charge is 0.458 e. The van der Waals surface area contributed by atoms with E-state index in [9.17, 15) is 5.11 Å². The molecule has 0 spiro atoms. The molecule has 1 aromatic heterocycles. The number of aliphatic hydroxyl groups is 1. The average molecular weight is 258 g/mol. The molecule has 1 aromatic carbocycles. The number of hydrogen-bond donors (Lipinski definition) is 1. The lowest BCUT2D eigenvalue weighted by atomic mass is 9.73. The molecule has 0 radical (unpaired) electrons. The Balaban J connectivity index is 2.06. The van der Waals surface area contributed by atoms with Crippen LogP contribution in [0.5, 0.6) is 0 Å². The number of aryl methyl sites for hydroxylation is 1. The minimum Gasteiger partial charge on any atom is -0.458 e. The molecule has 102 valence electrons. The van der Waals surface area contributed by atoms with Crippen LogP contribution >= 0.6 is 0 Å². The molecule has 2 heteroatoms. The highest BCUT2D eigenvalue weighted by atomic mass is 16.4. The van der Waals surface area contributed by atoms with E-state index in [2.05, 4.69) is 26.0 Å². The highest BCUT2D eigenvalue weighted by molar-refractivity contribution is 5.78. The Hall–Kier alpha value is -1.28. The molecule has 19 heavy (non-hydrogen) atoms. The maximum absolute atomic E-state index is 11.1. The third-order valence-corrected chi connectivity index (χ3v) is 4.63. The van der Waals surface area contributed by atoms with Crippen molar-refractivity contribution in [1.82, 2.24) is 0 Å². The van der Waals surface area contributed by atoms with E-state index in [1.807, 2.05) is 12.1 Å². The van der Waals surface area contributed by atoms with Gasteiger partial charge in [0, 0.05) is 5.39 Å². The van der Waals surface area contributed by atoms with Crippen LogP contribution in [0.25, 0.3) is 11.0 Å². The molecule has 1 fully saturated rings. The fourth-order valence-electron chi connectivity index (χ4n) is 3.47. The van der Waals surface area contributed by atoms with E-state index in [0.29, 0.717) is 5.92 Å². The Morgan fingerprint density at radius 2 is 2.16 bits per heavy atom. The summed E-state index contributed by atoms with van der Waals surface area (Å²) in [6, 6.07) is 8.21. The van der Waals surface area contributed by atoms with Crippen molar-refractivity contribution in [2.45, 2.75) is 51.6 Å². The molecule has 1 N–H and O–H groups in total. The van der Waals surface area contributed by atoms with E-state index in [0.717, 1.165) is 42.4 Å². The molecule has 0 aliphatic heterocycles. The number of furan rings is 1. The Morgan fingerprint density at radius 3 is 2.95 bits per heavy atom. The Bertz CT molecular complexity index is 584. The predicted octanol–water partition coefficient (Wildman–Crippen LogP) is 4.53. The first-order valence-corrected chi connectivity index (χ1v) is 7.36. The third-order valence-electron chi connectivity index (χ3n) is 4.63. The smallest absolute Gasteiger partial charge is 0.137 e. The molecule has 0 saturated heterocycles. The van der Waals surface area contributed by atoms with E-state index >= 15 is 0 Å². The quantitative estimate of drug-likeness (QED) is 0.858. The fourth-order valence-corrected chi connectivity index (χ4v) is 3.47. The summed E-state index contributed by atoms with van der Waals surface area (Å²) in [5.41, 5.74) is 1.34. The zero-order valence-electron chi connectivity index (χ0n) is 11.8. The van der Waals surface area contributed by atoms with Crippen LogP contribution in [-0.4, -0.2) is 5.11 Å². The molecule has 2 unspecified atom stereocenters. The molecule has 2 aromatic rings. The predicted molar refractivity (Wildman–Crippen MR) is 77.1 cm³/mol. The van der Waals surface area contributed by atoms with Crippen LogP contribution in [0.2, 0.25) is 0 Å². The average Bonchev–Trinajstić information content (AvgIpc) is 2.83. The molecule has 1 aliphatic carbocycles. The molecule has 2 nitrogen and oxygen atoms in total. The molecule has 3 rings (SSSR count). The van der Waals surface area contributed by atoms with E-state index in [4.69, 9.17) is 4.42 Å². The fraction of sp³-hybridized carbons (Fsp3) is 0.529. The van der Waals surface area contributed by atoms with Gasteiger partial charge in [0.1, 0.15) is 16.9 Å². The standard InChI is InChI=1S/C17H22O2/c1-3-14-6-4-5-9-17(14,18)16-11-13-10-12(2)7-8-15(13)19-16/h7-8,10-11,14,18H,3-6,9H2,1-2H3. The number of fused-ring (bicyclic) bond motifs is 1. The third kappa shape index (κ3) is 2.08. The van der Waals surface area contributed by atoms with Gasteiger partial charge in [-0.05, 0) is 43.9 Å². The summed E-state index contributed by atoms with van der Waals surface area (Å²) in [5, 5.41) is 12.2. The maximum atomic E-state index is 11.1. The van der Waals surface area contributed by atoms with Crippen LogP contribution in [0.4, 0.5) is 0 Å². The summed E-state index contributed by atoms with van der Waals surface area (Å²) in [5.74, 6) is 1.09. The second-order valence-electron chi connectivity index (χ2n) is 5.93. The van der Waals surface area contributed by atoms with Gasteiger partial charge < -0.3 is 9.52 Å². The SMILES string of the molecule is CCC1CCCCC1(O)c1cc2cc(C)ccc2o1. The van der Waals surface area contributed by atoms with Crippen molar-refractivity contribution >= 4 is 11.0 Å². The summed E-state index contributed by atoms with van der Waals surface area (Å²) in [6.45, 7) is 4.24. The van der Waals surface area contributed by atoms with Crippen LogP contribution in [0.1, 0.15) is 50.4 Å². The molecule has 1 aliphatic rings. The van der Waals surface area contributed by atoms with Gasteiger partial charge in [-0.1, -0.05) is 37.8 Å². The molecular weight excluding hydrogens is 236 g/mol. The number of benzene rings is 1. The van der Waals surface area contributed by atoms with Crippen molar-refractivity contribution in [2.24, 2.45) is 5.92 Å². The minimum absolute atomic E-state index is 0.322. The zero-order valence-corrected chi connectivity index (χ0v) is 11.8. The van der Waals surface area contributed by atoms with Gasteiger partial charge in [0.25, 0.3) is 0 Å². The molecule has 1 saturated carbocycles. The lowest BCUT2D eigenvalue weighted by molar-refractivity contribution is -0.0709. The van der Waals surface area contributed by atoms with Gasteiger partial charge in [0.15, 0.2) is 0 Å². The van der Waals surface area contributed by atoms with E-state index in [1.165, 1.54) is 12.0 Å². The van der Waals surface area contributed by atoms with Crippen LogP contribution < -0.4 is 0 Å². The van der Waals surface area contributed by atoms with Gasteiger partial charge in [-0.2, -0.15) is 0 Å². The van der Waals surface area contributed by atoms with Crippen molar-refractivity contribution in [3.8, 4) is 0 Å². The second kappa shape index (κ2) is 4.68. The Morgan fingerprint density at radius 1 is 1.32 bits per heavy atom. The van der Waals surface area contributed by atoms with Crippen molar-refractivity contribution in [1.29, 1.82) is 0 Å². The molecule has 2 atom stereocenters. The second-order valence-corrected chi connectivity index (χ2v) is 5.93. The van der Waals surface area contributed by atoms with E-state index in [1.54, 1.807) is 0 Å². The van der Waals surface area contributed by atoms with Crippen LogP contribution in [0.3, 0.4) is 0 Å². The molecule has 0 bridgehead atoms.